The van der Waals surface area contributed by atoms with Crippen LogP contribution in [0, 0.1) is 0 Å². The van der Waals surface area contributed by atoms with Gasteiger partial charge in [0, 0.05) is 28.9 Å². The first-order valence-electron chi connectivity index (χ1n) is 6.24. The number of H-pyrrole nitrogens is 1. The zero-order chi connectivity index (χ0) is 14.8. The second kappa shape index (κ2) is 5.12. The zero-order valence-electron chi connectivity index (χ0n) is 10.9. The van der Waals surface area contributed by atoms with Gasteiger partial charge in [0.2, 0.25) is 0 Å². The maximum Gasteiger partial charge on any atom is 0.325 e. The third-order valence-electron chi connectivity index (χ3n) is 3.00. The van der Waals surface area contributed by atoms with Crippen LogP contribution in [0.1, 0.15) is 10.4 Å². The molecule has 0 spiro atoms. The molecule has 3 N–H and O–H groups in total. The van der Waals surface area contributed by atoms with Crippen molar-refractivity contribution >= 4 is 28.5 Å². The van der Waals surface area contributed by atoms with E-state index in [-0.39, 0.29) is 12.5 Å². The number of rotatable bonds is 4. The summed E-state index contributed by atoms with van der Waals surface area (Å²) < 4.78 is 1.24. The smallest absolute Gasteiger partial charge is 0.325 e. The summed E-state index contributed by atoms with van der Waals surface area (Å²) in [5.74, 6) is -1.26. The van der Waals surface area contributed by atoms with Crippen LogP contribution in [-0.4, -0.2) is 31.7 Å². The number of anilines is 1. The average Bonchev–Trinajstić information content (AvgIpc) is 3.06. The van der Waals surface area contributed by atoms with Crippen molar-refractivity contribution in [2.75, 3.05) is 5.32 Å². The van der Waals surface area contributed by atoms with Gasteiger partial charge in [-0.05, 0) is 24.3 Å². The number of amides is 1. The maximum absolute atomic E-state index is 12.1. The van der Waals surface area contributed by atoms with Gasteiger partial charge >= 0.3 is 5.97 Å². The Hall–Kier alpha value is -3.09. The Morgan fingerprint density at radius 3 is 3.00 bits per heavy atom. The summed E-state index contributed by atoms with van der Waals surface area (Å²) in [6.45, 7) is -0.245. The van der Waals surface area contributed by atoms with E-state index in [0.717, 1.165) is 10.9 Å². The molecule has 0 unspecified atom stereocenters. The lowest BCUT2D eigenvalue weighted by Gasteiger charge is -2.02. The summed E-state index contributed by atoms with van der Waals surface area (Å²) in [5.41, 5.74) is 1.93. The fourth-order valence-electron chi connectivity index (χ4n) is 2.05. The lowest BCUT2D eigenvalue weighted by Crippen LogP contribution is -2.11. The number of carbonyl (C=O) groups is 2. The molecule has 0 saturated carbocycles. The van der Waals surface area contributed by atoms with Crippen LogP contribution >= 0.6 is 0 Å². The molecule has 2 aromatic heterocycles. The van der Waals surface area contributed by atoms with Gasteiger partial charge in [0.25, 0.3) is 5.91 Å². The highest BCUT2D eigenvalue weighted by atomic mass is 16.4. The number of carboxylic acid groups (broad SMARTS) is 1. The van der Waals surface area contributed by atoms with Gasteiger partial charge in [0.05, 0.1) is 11.9 Å². The molecule has 0 fully saturated rings. The van der Waals surface area contributed by atoms with E-state index in [1.54, 1.807) is 12.1 Å². The van der Waals surface area contributed by atoms with Crippen LogP contribution in [0.3, 0.4) is 0 Å². The maximum atomic E-state index is 12.1. The highest BCUT2D eigenvalue weighted by Gasteiger charge is 2.09. The first kappa shape index (κ1) is 12.9. The van der Waals surface area contributed by atoms with Crippen LogP contribution in [-0.2, 0) is 11.3 Å². The van der Waals surface area contributed by atoms with E-state index in [9.17, 15) is 9.59 Å². The molecule has 21 heavy (non-hydrogen) atoms. The van der Waals surface area contributed by atoms with E-state index >= 15 is 0 Å². The average molecular weight is 284 g/mol. The van der Waals surface area contributed by atoms with Gasteiger partial charge in [-0.1, -0.05) is 0 Å². The molecule has 0 bridgehead atoms. The molecule has 106 valence electrons. The van der Waals surface area contributed by atoms with Crippen molar-refractivity contribution in [2.24, 2.45) is 0 Å². The van der Waals surface area contributed by atoms with E-state index < -0.39 is 5.97 Å². The van der Waals surface area contributed by atoms with Crippen LogP contribution < -0.4 is 5.32 Å². The van der Waals surface area contributed by atoms with Crippen molar-refractivity contribution in [3.63, 3.8) is 0 Å². The normalized spacial score (nSPS) is 10.7. The lowest BCUT2D eigenvalue weighted by atomic mass is 10.1. The Balaban J connectivity index is 1.76. The van der Waals surface area contributed by atoms with Crippen molar-refractivity contribution in [1.29, 1.82) is 0 Å². The highest BCUT2D eigenvalue weighted by Crippen LogP contribution is 2.15. The molecule has 3 aromatic rings. The number of carbonyl (C=O) groups excluding carboxylic acids is 1. The third kappa shape index (κ3) is 2.76. The minimum absolute atomic E-state index is 0.245. The number of fused-ring (bicyclic) bond motifs is 1. The summed E-state index contributed by atoms with van der Waals surface area (Å²) in [4.78, 5) is 25.8. The summed E-state index contributed by atoms with van der Waals surface area (Å²) in [6.07, 6.45) is 4.69. The van der Waals surface area contributed by atoms with E-state index in [0.29, 0.717) is 11.3 Å². The van der Waals surface area contributed by atoms with Gasteiger partial charge < -0.3 is 15.4 Å². The first-order chi connectivity index (χ1) is 10.1. The van der Waals surface area contributed by atoms with Crippen LogP contribution in [0.5, 0.6) is 0 Å². The minimum Gasteiger partial charge on any atom is -0.480 e. The Bertz CT molecular complexity index is 818. The Labute approximate surface area is 119 Å². The molecular weight excluding hydrogens is 272 g/mol. The summed E-state index contributed by atoms with van der Waals surface area (Å²) in [6, 6.07) is 7.22. The standard InChI is InChI=1S/C14H12N4O3/c19-13(20)8-18-7-11(6-16-18)17-14(21)10-1-2-12-9(5-10)3-4-15-12/h1-7,15H,8H2,(H,17,21)(H,19,20). The molecule has 0 atom stereocenters. The molecular formula is C14H12N4O3. The number of benzene rings is 1. The predicted molar refractivity (Wildman–Crippen MR) is 76.1 cm³/mol. The van der Waals surface area contributed by atoms with Gasteiger partial charge in [0.15, 0.2) is 0 Å². The molecule has 3 rings (SSSR count). The van der Waals surface area contributed by atoms with Crippen molar-refractivity contribution in [2.45, 2.75) is 6.54 Å². The first-order valence-corrected chi connectivity index (χ1v) is 6.24. The Kier molecular flexibility index (Phi) is 3.15. The summed E-state index contributed by atoms with van der Waals surface area (Å²) >= 11 is 0. The topological polar surface area (TPSA) is 100 Å². The molecule has 7 heteroatoms. The fraction of sp³-hybridized carbons (Fsp3) is 0.0714. The van der Waals surface area contributed by atoms with Crippen LogP contribution in [0.2, 0.25) is 0 Å². The molecule has 0 aliphatic heterocycles. The third-order valence-corrected chi connectivity index (χ3v) is 3.00. The monoisotopic (exact) mass is 284 g/mol. The molecule has 2 heterocycles. The number of aromatic amines is 1. The number of hydrogen-bond donors (Lipinski definition) is 3. The van der Waals surface area contributed by atoms with Gasteiger partial charge in [-0.2, -0.15) is 5.10 Å². The van der Waals surface area contributed by atoms with Crippen LogP contribution in [0.4, 0.5) is 5.69 Å². The molecule has 0 saturated heterocycles. The van der Waals surface area contributed by atoms with Gasteiger partial charge in [-0.15, -0.1) is 0 Å². The Morgan fingerprint density at radius 1 is 1.33 bits per heavy atom. The van der Waals surface area contributed by atoms with Crippen molar-refractivity contribution in [1.82, 2.24) is 14.8 Å². The van der Waals surface area contributed by atoms with E-state index in [1.165, 1.54) is 17.1 Å². The molecule has 1 amide bonds. The van der Waals surface area contributed by atoms with Gasteiger partial charge in [0.1, 0.15) is 6.54 Å². The second-order valence-electron chi connectivity index (χ2n) is 4.55. The molecule has 1 aromatic carbocycles. The van der Waals surface area contributed by atoms with Crippen molar-refractivity contribution < 1.29 is 14.7 Å². The van der Waals surface area contributed by atoms with Crippen LogP contribution in [0.15, 0.2) is 42.9 Å². The second-order valence-corrected chi connectivity index (χ2v) is 4.55. The molecule has 7 nitrogen and oxygen atoms in total. The molecule has 0 radical (unpaired) electrons. The number of hydrogen-bond acceptors (Lipinski definition) is 3. The SMILES string of the molecule is O=C(O)Cn1cc(NC(=O)c2ccc3[nH]ccc3c2)cn1. The quantitative estimate of drug-likeness (QED) is 0.678. The highest BCUT2D eigenvalue weighted by molar-refractivity contribution is 6.06. The Morgan fingerprint density at radius 2 is 2.19 bits per heavy atom. The largest absolute Gasteiger partial charge is 0.480 e. The minimum atomic E-state index is -0.992. The number of nitrogens with zero attached hydrogens (tertiary/aromatic N) is 2. The zero-order valence-corrected chi connectivity index (χ0v) is 10.9. The predicted octanol–water partition coefficient (Wildman–Crippen LogP) is 1.70. The van der Waals surface area contributed by atoms with Crippen LogP contribution in [0.25, 0.3) is 10.9 Å². The van der Waals surface area contributed by atoms with Crippen molar-refractivity contribution in [3.8, 4) is 0 Å². The van der Waals surface area contributed by atoms with E-state index in [1.807, 2.05) is 18.3 Å². The van der Waals surface area contributed by atoms with Crippen molar-refractivity contribution in [3.05, 3.63) is 48.4 Å². The number of carboxylic acids is 1. The van der Waals surface area contributed by atoms with Gasteiger partial charge in [-0.25, -0.2) is 0 Å². The fourth-order valence-corrected chi connectivity index (χ4v) is 2.05. The number of nitrogens with one attached hydrogen (secondary N) is 2. The molecule has 0 aliphatic rings. The summed E-state index contributed by atoms with van der Waals surface area (Å²) in [5, 5.41) is 16.2. The van der Waals surface area contributed by atoms with Gasteiger partial charge in [-0.3, -0.25) is 14.3 Å². The number of aliphatic carboxylic acids is 1. The molecule has 0 aliphatic carbocycles. The van der Waals surface area contributed by atoms with E-state index in [2.05, 4.69) is 15.4 Å². The number of aromatic nitrogens is 3. The lowest BCUT2D eigenvalue weighted by molar-refractivity contribution is -0.137. The summed E-state index contributed by atoms with van der Waals surface area (Å²) in [7, 11) is 0. The van der Waals surface area contributed by atoms with E-state index in [4.69, 9.17) is 5.11 Å².